The number of aliphatic imine (C=N–C) groups is 1. The third kappa shape index (κ3) is 3.57. The van der Waals surface area contributed by atoms with Gasteiger partial charge in [0.25, 0.3) is 5.91 Å². The monoisotopic (exact) mass is 338 g/mol. The zero-order chi connectivity index (χ0) is 17.3. The second kappa shape index (κ2) is 6.25. The van der Waals surface area contributed by atoms with E-state index >= 15 is 0 Å². The molecule has 1 N–H and O–H groups in total. The van der Waals surface area contributed by atoms with Crippen LogP contribution in [0.1, 0.15) is 37.5 Å². The highest BCUT2D eigenvalue weighted by Crippen LogP contribution is 2.23. The number of rotatable bonds is 2. The Kier molecular flexibility index (Phi) is 4.29. The van der Waals surface area contributed by atoms with Gasteiger partial charge in [-0.15, -0.1) is 0 Å². The molecule has 0 aromatic heterocycles. The minimum atomic E-state index is -0.204. The zero-order valence-corrected chi connectivity index (χ0v) is 14.7. The minimum absolute atomic E-state index is 0.105. The molecular weight excluding hydrogens is 320 g/mol. The Morgan fingerprint density at radius 3 is 2.42 bits per heavy atom. The Morgan fingerprint density at radius 1 is 1.08 bits per heavy atom. The first-order valence-electron chi connectivity index (χ1n) is 7.81. The number of carbonyl (C=O) groups is 1. The molecule has 1 amide bonds. The number of amides is 1. The van der Waals surface area contributed by atoms with Crippen LogP contribution in [-0.2, 0) is 10.2 Å². The Morgan fingerprint density at radius 2 is 1.79 bits per heavy atom. The summed E-state index contributed by atoms with van der Waals surface area (Å²) >= 11 is 6.00. The van der Waals surface area contributed by atoms with Gasteiger partial charge in [0.1, 0.15) is 11.5 Å². The molecule has 24 heavy (non-hydrogen) atoms. The van der Waals surface area contributed by atoms with Gasteiger partial charge in [-0.2, -0.15) is 0 Å². The van der Waals surface area contributed by atoms with Crippen molar-refractivity contribution < 1.29 is 4.79 Å². The molecule has 0 bridgehead atoms. The molecule has 2 aromatic carbocycles. The Labute approximate surface area is 147 Å². The maximum absolute atomic E-state index is 12.1. The topological polar surface area (TPSA) is 41.5 Å². The highest BCUT2D eigenvalue weighted by molar-refractivity contribution is 6.31. The van der Waals surface area contributed by atoms with E-state index in [2.05, 4.69) is 43.2 Å². The molecule has 0 spiro atoms. The molecule has 0 saturated carbocycles. The summed E-state index contributed by atoms with van der Waals surface area (Å²) in [5.41, 5.74) is 3.50. The van der Waals surface area contributed by atoms with Crippen molar-refractivity contribution in [2.24, 2.45) is 4.99 Å². The summed E-state index contributed by atoms with van der Waals surface area (Å²) < 4.78 is 0. The van der Waals surface area contributed by atoms with Gasteiger partial charge in [-0.3, -0.25) is 4.79 Å². The maximum atomic E-state index is 12.1. The highest BCUT2D eigenvalue weighted by atomic mass is 35.5. The fourth-order valence-corrected chi connectivity index (χ4v) is 2.67. The Balaban J connectivity index is 1.88. The maximum Gasteiger partial charge on any atom is 0.275 e. The molecule has 0 atom stereocenters. The van der Waals surface area contributed by atoms with E-state index in [1.807, 2.05) is 24.3 Å². The van der Waals surface area contributed by atoms with E-state index in [0.717, 1.165) is 11.1 Å². The van der Waals surface area contributed by atoms with Gasteiger partial charge in [0.15, 0.2) is 0 Å². The van der Waals surface area contributed by atoms with Crippen LogP contribution in [0.15, 0.2) is 59.2 Å². The fourth-order valence-electron chi connectivity index (χ4n) is 2.48. The summed E-state index contributed by atoms with van der Waals surface area (Å²) in [5, 5.41) is 3.40. The summed E-state index contributed by atoms with van der Waals surface area (Å²) in [7, 11) is 0. The van der Waals surface area contributed by atoms with E-state index < -0.39 is 0 Å². The predicted molar refractivity (Wildman–Crippen MR) is 99.3 cm³/mol. The van der Waals surface area contributed by atoms with Crippen LogP contribution in [0.4, 0.5) is 0 Å². The first-order chi connectivity index (χ1) is 11.3. The number of nitrogens with zero attached hydrogens (tertiary/aromatic N) is 1. The van der Waals surface area contributed by atoms with E-state index in [4.69, 9.17) is 11.6 Å². The van der Waals surface area contributed by atoms with Gasteiger partial charge in [-0.1, -0.05) is 68.8 Å². The SMILES string of the molecule is CC(C)(C)c1ccc(/C=C2/N=C(c3cccc(Cl)c3)NC2=O)cc1. The van der Waals surface area contributed by atoms with Gasteiger partial charge >= 0.3 is 0 Å². The number of hydrogen-bond acceptors (Lipinski definition) is 2. The largest absolute Gasteiger partial charge is 0.305 e. The van der Waals surface area contributed by atoms with Crippen molar-refractivity contribution in [1.29, 1.82) is 0 Å². The van der Waals surface area contributed by atoms with Crippen molar-refractivity contribution in [3.8, 4) is 0 Å². The van der Waals surface area contributed by atoms with E-state index in [1.54, 1.807) is 18.2 Å². The molecule has 1 aliphatic rings. The lowest BCUT2D eigenvalue weighted by molar-refractivity contribution is -0.115. The second-order valence-corrected chi connectivity index (χ2v) is 7.26. The number of benzene rings is 2. The van der Waals surface area contributed by atoms with Crippen LogP contribution in [0.2, 0.25) is 5.02 Å². The summed E-state index contributed by atoms with van der Waals surface area (Å²) in [5.74, 6) is 0.324. The zero-order valence-electron chi connectivity index (χ0n) is 13.9. The van der Waals surface area contributed by atoms with Gasteiger partial charge in [-0.25, -0.2) is 4.99 Å². The van der Waals surface area contributed by atoms with E-state index in [9.17, 15) is 4.79 Å². The first-order valence-corrected chi connectivity index (χ1v) is 8.19. The molecule has 0 saturated heterocycles. The van der Waals surface area contributed by atoms with Crippen molar-refractivity contribution in [1.82, 2.24) is 5.32 Å². The standard InChI is InChI=1S/C20H19ClN2O/c1-20(2,3)15-9-7-13(8-10-15)11-17-19(24)23-18(22-17)14-5-4-6-16(21)12-14/h4-12H,1-3H3,(H,22,23,24)/b17-11+. The second-order valence-electron chi connectivity index (χ2n) is 6.83. The van der Waals surface area contributed by atoms with Crippen LogP contribution >= 0.6 is 11.6 Å². The molecule has 1 aliphatic heterocycles. The van der Waals surface area contributed by atoms with Crippen molar-refractivity contribution in [3.05, 3.63) is 75.9 Å². The summed E-state index contributed by atoms with van der Waals surface area (Å²) in [6, 6.07) is 15.5. The summed E-state index contributed by atoms with van der Waals surface area (Å²) in [6.07, 6.45) is 1.79. The smallest absolute Gasteiger partial charge is 0.275 e. The van der Waals surface area contributed by atoms with Gasteiger partial charge in [0, 0.05) is 10.6 Å². The summed E-state index contributed by atoms with van der Waals surface area (Å²) in [4.78, 5) is 16.6. The molecule has 122 valence electrons. The van der Waals surface area contributed by atoms with Gasteiger partial charge in [0.05, 0.1) is 0 Å². The number of nitrogens with one attached hydrogen (secondary N) is 1. The number of amidine groups is 1. The predicted octanol–water partition coefficient (Wildman–Crippen LogP) is 4.56. The normalized spacial score (nSPS) is 16.2. The van der Waals surface area contributed by atoms with Crippen LogP contribution in [-0.4, -0.2) is 11.7 Å². The molecule has 2 aromatic rings. The lowest BCUT2D eigenvalue weighted by atomic mass is 9.87. The lowest BCUT2D eigenvalue weighted by Gasteiger charge is -2.18. The fraction of sp³-hybridized carbons (Fsp3) is 0.200. The average molecular weight is 339 g/mol. The molecular formula is C20H19ClN2O. The van der Waals surface area contributed by atoms with Crippen molar-refractivity contribution in [3.63, 3.8) is 0 Å². The van der Waals surface area contributed by atoms with Crippen molar-refractivity contribution >= 4 is 29.4 Å². The molecule has 0 fully saturated rings. The molecule has 1 heterocycles. The molecule has 0 aliphatic carbocycles. The van der Waals surface area contributed by atoms with Crippen LogP contribution in [0.5, 0.6) is 0 Å². The van der Waals surface area contributed by atoms with E-state index in [1.165, 1.54) is 5.56 Å². The van der Waals surface area contributed by atoms with Crippen molar-refractivity contribution in [2.75, 3.05) is 0 Å². The third-order valence-electron chi connectivity index (χ3n) is 3.87. The number of hydrogen-bond donors (Lipinski definition) is 1. The average Bonchev–Trinajstić information content (AvgIpc) is 2.88. The summed E-state index contributed by atoms with van der Waals surface area (Å²) in [6.45, 7) is 6.52. The Hall–Kier alpha value is -2.39. The quantitative estimate of drug-likeness (QED) is 0.801. The van der Waals surface area contributed by atoms with Crippen LogP contribution in [0, 0.1) is 0 Å². The van der Waals surface area contributed by atoms with E-state index in [-0.39, 0.29) is 11.3 Å². The van der Waals surface area contributed by atoms with Gasteiger partial charge < -0.3 is 5.32 Å². The molecule has 4 heteroatoms. The van der Waals surface area contributed by atoms with Crippen molar-refractivity contribution in [2.45, 2.75) is 26.2 Å². The number of halogens is 1. The van der Waals surface area contributed by atoms with Crippen LogP contribution in [0.3, 0.4) is 0 Å². The molecule has 0 unspecified atom stereocenters. The lowest BCUT2D eigenvalue weighted by Crippen LogP contribution is -2.24. The first kappa shape index (κ1) is 16.5. The van der Waals surface area contributed by atoms with Crippen LogP contribution in [0.25, 0.3) is 6.08 Å². The van der Waals surface area contributed by atoms with Gasteiger partial charge in [-0.05, 0) is 34.8 Å². The van der Waals surface area contributed by atoms with Crippen LogP contribution < -0.4 is 5.32 Å². The Bertz CT molecular complexity index is 843. The molecule has 3 nitrogen and oxygen atoms in total. The van der Waals surface area contributed by atoms with E-state index in [0.29, 0.717) is 16.6 Å². The minimum Gasteiger partial charge on any atom is -0.305 e. The number of carbonyl (C=O) groups excluding carboxylic acids is 1. The molecule has 3 rings (SSSR count). The molecule has 0 radical (unpaired) electrons. The third-order valence-corrected chi connectivity index (χ3v) is 4.11. The van der Waals surface area contributed by atoms with Gasteiger partial charge in [0.2, 0.25) is 0 Å². The highest BCUT2D eigenvalue weighted by Gasteiger charge is 2.21.